The Morgan fingerprint density at radius 2 is 1.40 bits per heavy atom. The summed E-state index contributed by atoms with van der Waals surface area (Å²) in [6.07, 6.45) is 1.22. The normalized spacial score (nSPS) is 15.1. The van der Waals surface area contributed by atoms with Gasteiger partial charge in [0, 0.05) is 36.0 Å². The Morgan fingerprint density at radius 3 is 1.93 bits per heavy atom. The van der Waals surface area contributed by atoms with Crippen LogP contribution in [0.2, 0.25) is 0 Å². The number of carbonyl (C=O) groups excluding carboxylic acids is 2. The van der Waals surface area contributed by atoms with Crippen LogP contribution < -0.4 is 0 Å². The van der Waals surface area contributed by atoms with E-state index in [9.17, 15) is 28.6 Å². The van der Waals surface area contributed by atoms with Gasteiger partial charge in [-0.15, -0.1) is 0 Å². The largest absolute Gasteiger partial charge is 0.469 e. The molecule has 9 heteroatoms. The summed E-state index contributed by atoms with van der Waals surface area (Å²) >= 11 is 0. The third-order valence-corrected chi connectivity index (χ3v) is 7.82. The number of hydrogen-bond acceptors (Lipinski definition) is 5. The molecule has 0 bridgehead atoms. The first kappa shape index (κ1) is 31.4. The fourth-order valence-corrected chi connectivity index (χ4v) is 5.83. The molecular formula is C33H40F2N2O5. The minimum Gasteiger partial charge on any atom is -0.469 e. The molecule has 1 fully saturated rings. The molecule has 1 aromatic heterocycles. The van der Waals surface area contributed by atoms with Crippen LogP contribution in [0.15, 0.2) is 48.5 Å². The van der Waals surface area contributed by atoms with Gasteiger partial charge in [-0.05, 0) is 87.8 Å². The highest BCUT2D eigenvalue weighted by atomic mass is 19.1. The number of rotatable bonds is 11. The second kappa shape index (κ2) is 14.1. The summed E-state index contributed by atoms with van der Waals surface area (Å²) < 4.78 is 34.7. The monoisotopic (exact) mass is 582 g/mol. The van der Waals surface area contributed by atoms with Crippen molar-refractivity contribution in [1.82, 2.24) is 9.47 Å². The lowest BCUT2D eigenvalue weighted by molar-refractivity contribution is -0.143. The molecule has 1 aliphatic rings. The number of methoxy groups -OCH3 is 1. The van der Waals surface area contributed by atoms with Crippen LogP contribution in [0.5, 0.6) is 0 Å². The van der Waals surface area contributed by atoms with Gasteiger partial charge in [0.1, 0.15) is 17.3 Å². The number of halogens is 2. The zero-order chi connectivity index (χ0) is 30.4. The average Bonchev–Trinajstić information content (AvgIpc) is 3.32. The molecule has 1 aliphatic heterocycles. The molecule has 1 saturated heterocycles. The summed E-state index contributed by atoms with van der Waals surface area (Å²) in [5, 5.41) is 21.1. The first-order valence-corrected chi connectivity index (χ1v) is 14.6. The van der Waals surface area contributed by atoms with Crippen LogP contribution >= 0.6 is 0 Å². The molecule has 2 N–H and O–H groups in total. The molecule has 3 aromatic rings. The van der Waals surface area contributed by atoms with E-state index >= 15 is 0 Å². The third-order valence-electron chi connectivity index (χ3n) is 7.82. The first-order chi connectivity index (χ1) is 20.1. The number of esters is 1. The van der Waals surface area contributed by atoms with E-state index in [1.54, 1.807) is 24.3 Å². The molecule has 0 saturated carbocycles. The van der Waals surface area contributed by atoms with Gasteiger partial charge >= 0.3 is 5.97 Å². The molecule has 2 aromatic carbocycles. The van der Waals surface area contributed by atoms with Crippen LogP contribution in [-0.2, 0) is 16.0 Å². The molecule has 2 heterocycles. The molecule has 0 spiro atoms. The summed E-state index contributed by atoms with van der Waals surface area (Å²) in [6.45, 7) is 5.25. The Balaban J connectivity index is 1.87. The van der Waals surface area contributed by atoms with Crippen LogP contribution in [0.3, 0.4) is 0 Å². The van der Waals surface area contributed by atoms with Crippen LogP contribution in [-0.4, -0.2) is 64.0 Å². The molecule has 2 atom stereocenters. The van der Waals surface area contributed by atoms with Crippen LogP contribution in [0.25, 0.3) is 22.3 Å². The maximum atomic E-state index is 14.3. The number of nitrogens with zero attached hydrogens (tertiary/aromatic N) is 2. The predicted octanol–water partition coefficient (Wildman–Crippen LogP) is 5.91. The number of benzene rings is 2. The van der Waals surface area contributed by atoms with Crippen molar-refractivity contribution >= 4 is 11.9 Å². The van der Waals surface area contributed by atoms with Gasteiger partial charge in [-0.1, -0.05) is 24.3 Å². The molecule has 0 radical (unpaired) electrons. The lowest BCUT2D eigenvalue weighted by Crippen LogP contribution is -2.37. The summed E-state index contributed by atoms with van der Waals surface area (Å²) in [5.74, 6) is -1.48. The van der Waals surface area contributed by atoms with E-state index in [0.29, 0.717) is 41.9 Å². The van der Waals surface area contributed by atoms with Crippen molar-refractivity contribution in [2.45, 2.75) is 77.0 Å². The number of carbonyl (C=O) groups is 2. The Labute approximate surface area is 245 Å². The van der Waals surface area contributed by atoms with Gasteiger partial charge in [0.2, 0.25) is 0 Å². The maximum Gasteiger partial charge on any atom is 0.308 e. The highest BCUT2D eigenvalue weighted by Gasteiger charge is 2.33. The van der Waals surface area contributed by atoms with E-state index < -0.39 is 29.8 Å². The number of aromatic nitrogens is 1. The Morgan fingerprint density at radius 1 is 0.857 bits per heavy atom. The van der Waals surface area contributed by atoms with Crippen molar-refractivity contribution in [2.75, 3.05) is 20.2 Å². The van der Waals surface area contributed by atoms with E-state index in [-0.39, 0.29) is 31.2 Å². The second-order valence-electron chi connectivity index (χ2n) is 11.2. The molecular weight excluding hydrogens is 542 g/mol. The molecule has 0 aliphatic carbocycles. The number of aliphatic hydroxyl groups is 2. The lowest BCUT2D eigenvalue weighted by Gasteiger charge is -2.28. The minimum atomic E-state index is -1.06. The number of piperidine rings is 1. The number of amides is 1. The fourth-order valence-electron chi connectivity index (χ4n) is 5.83. The number of aliphatic hydroxyl groups excluding tert-OH is 2. The van der Waals surface area contributed by atoms with Crippen molar-refractivity contribution in [1.29, 1.82) is 0 Å². The summed E-state index contributed by atoms with van der Waals surface area (Å²) in [4.78, 5) is 27.7. The predicted molar refractivity (Wildman–Crippen MR) is 157 cm³/mol. The zero-order valence-electron chi connectivity index (χ0n) is 24.5. The molecule has 42 heavy (non-hydrogen) atoms. The van der Waals surface area contributed by atoms with Gasteiger partial charge in [0.15, 0.2) is 0 Å². The number of likely N-dealkylation sites (tertiary alicyclic amines) is 1. The summed E-state index contributed by atoms with van der Waals surface area (Å²) in [6, 6.07) is 11.9. The molecule has 1 amide bonds. The topological polar surface area (TPSA) is 92.0 Å². The second-order valence-corrected chi connectivity index (χ2v) is 11.2. The van der Waals surface area contributed by atoms with Crippen LogP contribution in [0.1, 0.15) is 74.6 Å². The van der Waals surface area contributed by atoms with E-state index in [1.807, 2.05) is 23.3 Å². The highest BCUT2D eigenvalue weighted by Crippen LogP contribution is 2.43. The van der Waals surface area contributed by atoms with Crippen molar-refractivity contribution in [2.24, 2.45) is 0 Å². The summed E-state index contributed by atoms with van der Waals surface area (Å²) in [7, 11) is 1.24. The van der Waals surface area contributed by atoms with Crippen molar-refractivity contribution in [3.63, 3.8) is 0 Å². The number of hydrogen-bond donors (Lipinski definition) is 2. The maximum absolute atomic E-state index is 14.3. The molecule has 226 valence electrons. The third kappa shape index (κ3) is 7.25. The van der Waals surface area contributed by atoms with Crippen LogP contribution in [0.4, 0.5) is 8.78 Å². The van der Waals surface area contributed by atoms with E-state index in [1.165, 1.54) is 31.4 Å². The molecule has 4 rings (SSSR count). The zero-order valence-corrected chi connectivity index (χ0v) is 24.5. The Hall–Kier alpha value is -3.56. The lowest BCUT2D eigenvalue weighted by atomic mass is 9.92. The fraction of sp³-hybridized carbons (Fsp3) is 0.455. The van der Waals surface area contributed by atoms with Gasteiger partial charge in [-0.25, -0.2) is 8.78 Å². The van der Waals surface area contributed by atoms with E-state index in [0.717, 1.165) is 30.5 Å². The molecule has 0 unspecified atom stereocenters. The highest BCUT2D eigenvalue weighted by molar-refractivity contribution is 6.05. The SMILES string of the molecule is COC(=O)C[C@H](O)C[C@H](O)CCc1c(-c2ccc(F)cc2)c(-c2ccc(F)cc2)c(C(=O)N2CCCCC2)n1C(C)C. The van der Waals surface area contributed by atoms with Gasteiger partial charge in [0.25, 0.3) is 5.91 Å². The van der Waals surface area contributed by atoms with Crippen molar-refractivity contribution < 1.29 is 33.3 Å². The Kier molecular flexibility index (Phi) is 10.5. The van der Waals surface area contributed by atoms with Crippen molar-refractivity contribution in [3.05, 3.63) is 71.6 Å². The van der Waals surface area contributed by atoms with E-state index in [2.05, 4.69) is 4.74 Å². The van der Waals surface area contributed by atoms with Gasteiger partial charge in [-0.3, -0.25) is 9.59 Å². The molecule has 7 nitrogen and oxygen atoms in total. The Bertz CT molecular complexity index is 1360. The average molecular weight is 583 g/mol. The van der Waals surface area contributed by atoms with Gasteiger partial charge in [0.05, 0.1) is 25.7 Å². The van der Waals surface area contributed by atoms with Gasteiger partial charge < -0.3 is 24.4 Å². The van der Waals surface area contributed by atoms with Gasteiger partial charge in [-0.2, -0.15) is 0 Å². The first-order valence-electron chi connectivity index (χ1n) is 14.6. The van der Waals surface area contributed by atoms with E-state index in [4.69, 9.17) is 0 Å². The number of ether oxygens (including phenoxy) is 1. The van der Waals surface area contributed by atoms with Crippen LogP contribution in [0, 0.1) is 11.6 Å². The quantitative estimate of drug-likeness (QED) is 0.274. The standard InChI is InChI=1S/C33H40F2N2O5/c1-21(2)37-28(16-15-26(38)19-27(39)20-29(40)42-3)30(22-7-11-24(34)12-8-22)31(23-9-13-25(35)14-10-23)32(37)33(41)36-17-5-4-6-18-36/h7-14,21,26-27,38-39H,4-6,15-20H2,1-3H3/t26-,27-/m1/s1. The summed E-state index contributed by atoms with van der Waals surface area (Å²) in [5.41, 5.74) is 3.97. The smallest absolute Gasteiger partial charge is 0.308 e. The minimum absolute atomic E-state index is 0.0201. The van der Waals surface area contributed by atoms with Crippen molar-refractivity contribution in [3.8, 4) is 22.3 Å².